The summed E-state index contributed by atoms with van der Waals surface area (Å²) in [5, 5.41) is 2.81. The fourth-order valence-electron chi connectivity index (χ4n) is 3.33. The number of ketones is 1. The quantitative estimate of drug-likeness (QED) is 0.680. The number of rotatable bonds is 6. The fourth-order valence-corrected chi connectivity index (χ4v) is 4.77. The Morgan fingerprint density at radius 1 is 1.07 bits per heavy atom. The normalized spacial score (nSPS) is 15.8. The van der Waals surface area contributed by atoms with Crippen LogP contribution in [0.25, 0.3) is 0 Å². The molecule has 29 heavy (non-hydrogen) atoms. The summed E-state index contributed by atoms with van der Waals surface area (Å²) in [7, 11) is -3.50. The van der Waals surface area contributed by atoms with E-state index in [1.54, 1.807) is 48.5 Å². The Labute approximate surface area is 171 Å². The van der Waals surface area contributed by atoms with E-state index in [-0.39, 0.29) is 18.2 Å². The zero-order chi connectivity index (χ0) is 21.0. The standard InChI is InChI=1S/C21H25N3O4S/c1-16-6-8-20(9-7-16)29(27,28)24-12-10-23(11-13-24)15-21(26)22-19-5-3-4-18(14-19)17(2)25/h3-9,14H,10-13,15H2,1-2H3,(H,22,26)/p+1. The molecule has 0 atom stereocenters. The first-order valence-electron chi connectivity index (χ1n) is 9.57. The zero-order valence-corrected chi connectivity index (χ0v) is 17.5. The highest BCUT2D eigenvalue weighted by atomic mass is 32.2. The van der Waals surface area contributed by atoms with Gasteiger partial charge >= 0.3 is 0 Å². The SMILES string of the molecule is CC(=O)c1cccc(NC(=O)C[NH+]2CCN(S(=O)(=O)c3ccc(C)cc3)CC2)c1. The molecule has 8 heteroatoms. The van der Waals surface area contributed by atoms with E-state index >= 15 is 0 Å². The molecule has 2 aromatic carbocycles. The van der Waals surface area contributed by atoms with Gasteiger partial charge in [-0.2, -0.15) is 4.31 Å². The number of nitrogens with one attached hydrogen (secondary N) is 2. The first kappa shape index (κ1) is 21.2. The van der Waals surface area contributed by atoms with Gasteiger partial charge in [-0.05, 0) is 38.1 Å². The second-order valence-electron chi connectivity index (χ2n) is 7.33. The Morgan fingerprint density at radius 3 is 2.34 bits per heavy atom. The largest absolute Gasteiger partial charge is 0.325 e. The molecule has 1 fully saturated rings. The molecule has 0 spiro atoms. The molecular weight excluding hydrogens is 390 g/mol. The van der Waals surface area contributed by atoms with Crippen LogP contribution in [-0.4, -0.2) is 57.1 Å². The molecule has 3 rings (SSSR count). The minimum absolute atomic E-state index is 0.0577. The second-order valence-corrected chi connectivity index (χ2v) is 9.27. The highest BCUT2D eigenvalue weighted by Crippen LogP contribution is 2.16. The van der Waals surface area contributed by atoms with Crippen LogP contribution >= 0.6 is 0 Å². The van der Waals surface area contributed by atoms with E-state index in [4.69, 9.17) is 0 Å². The number of hydrogen-bond donors (Lipinski definition) is 2. The van der Waals surface area contributed by atoms with Crippen molar-refractivity contribution in [2.45, 2.75) is 18.7 Å². The van der Waals surface area contributed by atoms with E-state index in [9.17, 15) is 18.0 Å². The second kappa shape index (κ2) is 8.86. The first-order valence-corrected chi connectivity index (χ1v) is 11.0. The maximum absolute atomic E-state index is 12.8. The van der Waals surface area contributed by atoms with Crippen LogP contribution in [0, 0.1) is 6.92 Å². The van der Waals surface area contributed by atoms with Crippen molar-refractivity contribution in [3.05, 3.63) is 59.7 Å². The number of benzene rings is 2. The molecule has 2 aromatic rings. The van der Waals surface area contributed by atoms with Crippen LogP contribution in [0.2, 0.25) is 0 Å². The van der Waals surface area contributed by atoms with Crippen LogP contribution in [0.4, 0.5) is 5.69 Å². The molecule has 0 bridgehead atoms. The number of amides is 1. The number of quaternary nitrogens is 1. The summed E-state index contributed by atoms with van der Waals surface area (Å²) >= 11 is 0. The average Bonchev–Trinajstić information content (AvgIpc) is 2.69. The summed E-state index contributed by atoms with van der Waals surface area (Å²) < 4.78 is 27.0. The first-order chi connectivity index (χ1) is 13.8. The van der Waals surface area contributed by atoms with Gasteiger partial charge in [-0.3, -0.25) is 9.59 Å². The molecular formula is C21H26N3O4S+. The smallest absolute Gasteiger partial charge is 0.279 e. The number of aryl methyl sites for hydroxylation is 1. The number of hydrogen-bond acceptors (Lipinski definition) is 4. The van der Waals surface area contributed by atoms with E-state index in [0.29, 0.717) is 42.3 Å². The minimum Gasteiger partial charge on any atom is -0.325 e. The summed E-state index contributed by atoms with van der Waals surface area (Å²) in [6, 6.07) is 13.7. The van der Waals surface area contributed by atoms with Crippen molar-refractivity contribution in [1.29, 1.82) is 0 Å². The number of nitrogens with zero attached hydrogens (tertiary/aromatic N) is 1. The lowest BCUT2D eigenvalue weighted by atomic mass is 10.1. The topological polar surface area (TPSA) is 88.0 Å². The van der Waals surface area contributed by atoms with E-state index in [2.05, 4.69) is 5.32 Å². The highest BCUT2D eigenvalue weighted by Gasteiger charge is 2.31. The summed E-state index contributed by atoms with van der Waals surface area (Å²) in [4.78, 5) is 25.1. The van der Waals surface area contributed by atoms with Crippen LogP contribution in [0.15, 0.2) is 53.4 Å². The Morgan fingerprint density at radius 2 is 1.72 bits per heavy atom. The van der Waals surface area contributed by atoms with Gasteiger partial charge in [0.25, 0.3) is 5.91 Å². The van der Waals surface area contributed by atoms with Crippen LogP contribution in [0.1, 0.15) is 22.8 Å². The number of sulfonamides is 1. The zero-order valence-electron chi connectivity index (χ0n) is 16.6. The summed E-state index contributed by atoms with van der Waals surface area (Å²) in [6.45, 7) is 5.52. The van der Waals surface area contributed by atoms with Gasteiger partial charge in [0.2, 0.25) is 10.0 Å². The molecule has 0 aromatic heterocycles. The van der Waals surface area contributed by atoms with Crippen molar-refractivity contribution >= 4 is 27.4 Å². The Kier molecular flexibility index (Phi) is 6.46. The third kappa shape index (κ3) is 5.29. The van der Waals surface area contributed by atoms with E-state index in [1.807, 2.05) is 6.92 Å². The predicted octanol–water partition coefficient (Wildman–Crippen LogP) is 0.726. The van der Waals surface area contributed by atoms with Crippen molar-refractivity contribution in [3.63, 3.8) is 0 Å². The summed E-state index contributed by atoms with van der Waals surface area (Å²) in [5.41, 5.74) is 2.14. The summed E-state index contributed by atoms with van der Waals surface area (Å²) in [5.74, 6) is -0.215. The van der Waals surface area contributed by atoms with Gasteiger partial charge < -0.3 is 10.2 Å². The van der Waals surface area contributed by atoms with Gasteiger partial charge in [0.15, 0.2) is 12.3 Å². The maximum atomic E-state index is 12.8. The highest BCUT2D eigenvalue weighted by molar-refractivity contribution is 7.89. The molecule has 1 aliphatic heterocycles. The number of carbonyl (C=O) groups excluding carboxylic acids is 2. The van der Waals surface area contributed by atoms with Crippen molar-refractivity contribution in [1.82, 2.24) is 4.31 Å². The number of carbonyl (C=O) groups is 2. The van der Waals surface area contributed by atoms with Gasteiger partial charge in [0.05, 0.1) is 31.1 Å². The van der Waals surface area contributed by atoms with Gasteiger partial charge in [0, 0.05) is 11.3 Å². The van der Waals surface area contributed by atoms with Gasteiger partial charge in [0.1, 0.15) is 0 Å². The lowest BCUT2D eigenvalue weighted by molar-refractivity contribution is -0.895. The molecule has 0 saturated carbocycles. The third-order valence-corrected chi connectivity index (χ3v) is 6.96. The minimum atomic E-state index is -3.50. The van der Waals surface area contributed by atoms with Crippen molar-refractivity contribution in [3.8, 4) is 0 Å². The predicted molar refractivity (Wildman–Crippen MR) is 111 cm³/mol. The number of Topliss-reactive ketones (excluding diaryl/α,β-unsaturated/α-hetero) is 1. The molecule has 1 amide bonds. The molecule has 0 unspecified atom stereocenters. The number of anilines is 1. The van der Waals surface area contributed by atoms with Crippen LogP contribution in [0.3, 0.4) is 0 Å². The molecule has 0 radical (unpaired) electrons. The van der Waals surface area contributed by atoms with Gasteiger partial charge in [-0.1, -0.05) is 29.8 Å². The number of piperazine rings is 1. The lowest BCUT2D eigenvalue weighted by Crippen LogP contribution is -3.15. The lowest BCUT2D eigenvalue weighted by Gasteiger charge is -2.31. The Balaban J connectivity index is 1.54. The monoisotopic (exact) mass is 416 g/mol. The van der Waals surface area contributed by atoms with E-state index in [1.165, 1.54) is 11.2 Å². The Hall–Kier alpha value is -2.55. The average molecular weight is 417 g/mol. The van der Waals surface area contributed by atoms with Crippen LogP contribution < -0.4 is 10.2 Å². The molecule has 1 saturated heterocycles. The van der Waals surface area contributed by atoms with Crippen molar-refractivity contribution < 1.29 is 22.9 Å². The van der Waals surface area contributed by atoms with Gasteiger partial charge in [-0.25, -0.2) is 8.42 Å². The van der Waals surface area contributed by atoms with Crippen molar-refractivity contribution in [2.24, 2.45) is 0 Å². The molecule has 0 aliphatic carbocycles. The van der Waals surface area contributed by atoms with E-state index < -0.39 is 10.0 Å². The van der Waals surface area contributed by atoms with Crippen LogP contribution in [0.5, 0.6) is 0 Å². The van der Waals surface area contributed by atoms with Crippen LogP contribution in [-0.2, 0) is 14.8 Å². The van der Waals surface area contributed by atoms with Gasteiger partial charge in [-0.15, -0.1) is 0 Å². The Bertz CT molecular complexity index is 995. The molecule has 1 heterocycles. The molecule has 154 valence electrons. The van der Waals surface area contributed by atoms with Crippen molar-refractivity contribution in [2.75, 3.05) is 38.0 Å². The molecule has 2 N–H and O–H groups in total. The maximum Gasteiger partial charge on any atom is 0.279 e. The molecule has 7 nitrogen and oxygen atoms in total. The summed E-state index contributed by atoms with van der Waals surface area (Å²) in [6.07, 6.45) is 0. The molecule has 1 aliphatic rings. The fraction of sp³-hybridized carbons (Fsp3) is 0.333. The third-order valence-electron chi connectivity index (χ3n) is 5.05. The van der Waals surface area contributed by atoms with E-state index in [0.717, 1.165) is 10.5 Å².